The molecule has 1 aromatic rings. The number of hydrogen-bond acceptors (Lipinski definition) is 5. The number of thioether (sulfide) groups is 1. The molecule has 2 N–H and O–H groups in total. The second-order valence-corrected chi connectivity index (χ2v) is 6.28. The van der Waals surface area contributed by atoms with Crippen LogP contribution in [0.25, 0.3) is 0 Å². The monoisotopic (exact) mass is 325 g/mol. The van der Waals surface area contributed by atoms with E-state index in [4.69, 9.17) is 5.73 Å². The molecular weight excluding hydrogens is 302 g/mol. The van der Waals surface area contributed by atoms with Gasteiger partial charge in [0.15, 0.2) is 5.16 Å². The first-order valence-corrected chi connectivity index (χ1v) is 8.67. The lowest BCUT2D eigenvalue weighted by Crippen LogP contribution is -2.32. The summed E-state index contributed by atoms with van der Waals surface area (Å²) >= 11 is 1.38. The Kier molecular flexibility index (Phi) is 5.82. The van der Waals surface area contributed by atoms with Gasteiger partial charge >= 0.3 is 0 Å². The highest BCUT2D eigenvalue weighted by Crippen LogP contribution is 2.40. The molecule has 0 aliphatic heterocycles. The van der Waals surface area contributed by atoms with Gasteiger partial charge in [-0.25, -0.2) is 0 Å². The highest BCUT2D eigenvalue weighted by atomic mass is 32.2. The normalized spacial score (nSPS) is 14.1. The SMILES string of the molecule is CCN(CC)C(=O)CSc1nnc(C2CC2)n1CCC(N)=O. The lowest BCUT2D eigenvalue weighted by Gasteiger charge is -2.18. The van der Waals surface area contributed by atoms with E-state index in [1.807, 2.05) is 18.4 Å². The minimum atomic E-state index is -0.342. The van der Waals surface area contributed by atoms with Gasteiger partial charge in [0.1, 0.15) is 5.82 Å². The van der Waals surface area contributed by atoms with Gasteiger partial charge in [0.25, 0.3) is 0 Å². The minimum Gasteiger partial charge on any atom is -0.370 e. The molecule has 1 aliphatic rings. The van der Waals surface area contributed by atoms with Crippen LogP contribution in [-0.4, -0.2) is 50.3 Å². The predicted molar refractivity (Wildman–Crippen MR) is 84.5 cm³/mol. The van der Waals surface area contributed by atoms with Crippen molar-refractivity contribution in [2.75, 3.05) is 18.8 Å². The van der Waals surface area contributed by atoms with Crippen molar-refractivity contribution in [2.45, 2.75) is 50.7 Å². The fourth-order valence-corrected chi connectivity index (χ4v) is 3.15. The Balaban J connectivity index is 2.03. The predicted octanol–water partition coefficient (Wildman–Crippen LogP) is 0.991. The van der Waals surface area contributed by atoms with Gasteiger partial charge in [-0.15, -0.1) is 10.2 Å². The Hall–Kier alpha value is -1.57. The number of aromatic nitrogens is 3. The van der Waals surface area contributed by atoms with Crippen molar-refractivity contribution in [3.8, 4) is 0 Å². The molecule has 1 saturated carbocycles. The summed E-state index contributed by atoms with van der Waals surface area (Å²) in [6.07, 6.45) is 2.48. The van der Waals surface area contributed by atoms with Crippen LogP contribution >= 0.6 is 11.8 Å². The van der Waals surface area contributed by atoms with Crippen molar-refractivity contribution < 1.29 is 9.59 Å². The second kappa shape index (κ2) is 7.62. The van der Waals surface area contributed by atoms with E-state index in [9.17, 15) is 9.59 Å². The summed E-state index contributed by atoms with van der Waals surface area (Å²) in [5.41, 5.74) is 5.24. The van der Waals surface area contributed by atoms with E-state index in [1.54, 1.807) is 4.90 Å². The summed E-state index contributed by atoms with van der Waals surface area (Å²) in [7, 11) is 0. The molecule has 0 radical (unpaired) electrons. The van der Waals surface area contributed by atoms with Gasteiger partial charge in [-0.2, -0.15) is 0 Å². The highest BCUT2D eigenvalue weighted by Gasteiger charge is 2.30. The molecule has 122 valence electrons. The smallest absolute Gasteiger partial charge is 0.233 e. The third kappa shape index (κ3) is 4.22. The number of nitrogens with two attached hydrogens (primary N) is 1. The molecule has 0 spiro atoms. The minimum absolute atomic E-state index is 0.0902. The zero-order valence-electron chi connectivity index (χ0n) is 13.1. The molecule has 2 amide bonds. The summed E-state index contributed by atoms with van der Waals surface area (Å²) in [4.78, 5) is 24.9. The molecule has 8 heteroatoms. The van der Waals surface area contributed by atoms with E-state index < -0.39 is 0 Å². The zero-order valence-corrected chi connectivity index (χ0v) is 13.9. The van der Waals surface area contributed by atoms with Crippen molar-refractivity contribution in [3.63, 3.8) is 0 Å². The number of nitrogens with zero attached hydrogens (tertiary/aromatic N) is 4. The van der Waals surface area contributed by atoms with Gasteiger partial charge in [0, 0.05) is 32.0 Å². The molecule has 1 fully saturated rings. The molecule has 1 aliphatic carbocycles. The van der Waals surface area contributed by atoms with Crippen LogP contribution in [0.2, 0.25) is 0 Å². The molecule has 1 heterocycles. The highest BCUT2D eigenvalue weighted by molar-refractivity contribution is 7.99. The second-order valence-electron chi connectivity index (χ2n) is 5.34. The average Bonchev–Trinajstić information content (AvgIpc) is 3.25. The molecule has 0 atom stereocenters. The molecule has 7 nitrogen and oxygen atoms in total. The van der Waals surface area contributed by atoms with E-state index in [0.29, 0.717) is 36.5 Å². The Labute approximate surface area is 134 Å². The molecule has 0 bridgehead atoms. The number of hydrogen-bond donors (Lipinski definition) is 1. The van der Waals surface area contributed by atoms with Crippen LogP contribution in [0.4, 0.5) is 0 Å². The standard InChI is InChI=1S/C14H23N5O2S/c1-3-18(4-2)12(21)9-22-14-17-16-13(10-5-6-10)19(14)8-7-11(15)20/h10H,3-9H2,1-2H3,(H2,15,20). The maximum absolute atomic E-state index is 12.1. The molecule has 1 aromatic heterocycles. The van der Waals surface area contributed by atoms with Gasteiger partial charge in [-0.05, 0) is 26.7 Å². The lowest BCUT2D eigenvalue weighted by atomic mass is 10.3. The number of amides is 2. The van der Waals surface area contributed by atoms with Crippen molar-refractivity contribution in [1.29, 1.82) is 0 Å². The Morgan fingerprint density at radius 1 is 1.32 bits per heavy atom. The van der Waals surface area contributed by atoms with E-state index in [2.05, 4.69) is 10.2 Å². The summed E-state index contributed by atoms with van der Waals surface area (Å²) in [5.74, 6) is 1.44. The molecule has 2 rings (SSSR count). The van der Waals surface area contributed by atoms with Gasteiger partial charge in [0.05, 0.1) is 5.75 Å². The topological polar surface area (TPSA) is 94.1 Å². The maximum Gasteiger partial charge on any atom is 0.233 e. The molecule has 22 heavy (non-hydrogen) atoms. The van der Waals surface area contributed by atoms with Crippen molar-refractivity contribution >= 4 is 23.6 Å². The summed E-state index contributed by atoms with van der Waals surface area (Å²) < 4.78 is 1.95. The number of rotatable bonds is 9. The van der Waals surface area contributed by atoms with Gasteiger partial charge in [-0.3, -0.25) is 9.59 Å². The van der Waals surface area contributed by atoms with E-state index in [0.717, 1.165) is 18.7 Å². The van der Waals surface area contributed by atoms with Crippen LogP contribution in [0.1, 0.15) is 44.9 Å². The molecular formula is C14H23N5O2S. The summed E-state index contributed by atoms with van der Waals surface area (Å²) in [5, 5.41) is 9.12. The summed E-state index contributed by atoms with van der Waals surface area (Å²) in [6.45, 7) is 5.82. The summed E-state index contributed by atoms with van der Waals surface area (Å²) in [6, 6.07) is 0. The van der Waals surface area contributed by atoms with Crippen LogP contribution in [0.15, 0.2) is 5.16 Å². The average molecular weight is 325 g/mol. The van der Waals surface area contributed by atoms with E-state index >= 15 is 0 Å². The van der Waals surface area contributed by atoms with E-state index in [1.165, 1.54) is 11.8 Å². The fraction of sp³-hybridized carbons (Fsp3) is 0.714. The molecule has 0 aromatic carbocycles. The lowest BCUT2D eigenvalue weighted by molar-refractivity contribution is -0.128. The van der Waals surface area contributed by atoms with Gasteiger partial charge in [0.2, 0.25) is 11.8 Å². The Morgan fingerprint density at radius 3 is 2.55 bits per heavy atom. The van der Waals surface area contributed by atoms with Crippen LogP contribution in [-0.2, 0) is 16.1 Å². The third-order valence-electron chi connectivity index (χ3n) is 3.71. The quantitative estimate of drug-likeness (QED) is 0.683. The fourth-order valence-electron chi connectivity index (χ4n) is 2.28. The Morgan fingerprint density at radius 2 is 2.00 bits per heavy atom. The van der Waals surface area contributed by atoms with Gasteiger partial charge in [-0.1, -0.05) is 11.8 Å². The zero-order chi connectivity index (χ0) is 16.1. The maximum atomic E-state index is 12.1. The van der Waals surface area contributed by atoms with Crippen molar-refractivity contribution in [1.82, 2.24) is 19.7 Å². The number of primary amides is 1. The Bertz CT molecular complexity index is 537. The first-order chi connectivity index (χ1) is 10.6. The van der Waals surface area contributed by atoms with Crippen LogP contribution in [0, 0.1) is 0 Å². The third-order valence-corrected chi connectivity index (χ3v) is 4.66. The number of carbonyl (C=O) groups is 2. The molecule has 0 unspecified atom stereocenters. The number of carbonyl (C=O) groups excluding carboxylic acids is 2. The molecule has 0 saturated heterocycles. The van der Waals surface area contributed by atoms with Gasteiger partial charge < -0.3 is 15.2 Å². The first-order valence-electron chi connectivity index (χ1n) is 7.68. The van der Waals surface area contributed by atoms with Crippen LogP contribution in [0.5, 0.6) is 0 Å². The van der Waals surface area contributed by atoms with Crippen LogP contribution in [0.3, 0.4) is 0 Å². The van der Waals surface area contributed by atoms with Crippen molar-refractivity contribution in [3.05, 3.63) is 5.82 Å². The first kappa shape index (κ1) is 16.8. The van der Waals surface area contributed by atoms with E-state index in [-0.39, 0.29) is 18.2 Å². The van der Waals surface area contributed by atoms with Crippen LogP contribution < -0.4 is 5.73 Å². The largest absolute Gasteiger partial charge is 0.370 e. The van der Waals surface area contributed by atoms with Crippen molar-refractivity contribution in [2.24, 2.45) is 5.73 Å².